The van der Waals surface area contributed by atoms with E-state index in [4.69, 9.17) is 15.2 Å². The van der Waals surface area contributed by atoms with Gasteiger partial charge in [-0.1, -0.05) is 42.5 Å². The molecule has 0 fully saturated rings. The van der Waals surface area contributed by atoms with E-state index >= 15 is 0 Å². The molecule has 0 spiro atoms. The fourth-order valence-corrected chi connectivity index (χ4v) is 2.07. The Morgan fingerprint density at radius 3 is 2.48 bits per heavy atom. The lowest BCUT2D eigenvalue weighted by Gasteiger charge is -2.08. The zero-order valence-corrected chi connectivity index (χ0v) is 12.3. The van der Waals surface area contributed by atoms with Crippen molar-refractivity contribution in [1.29, 1.82) is 0 Å². The molecule has 3 heteroatoms. The summed E-state index contributed by atoms with van der Waals surface area (Å²) < 4.78 is 11.3. The molecule has 0 aliphatic carbocycles. The van der Waals surface area contributed by atoms with Crippen LogP contribution in [0.3, 0.4) is 0 Å². The fraction of sp³-hybridized carbons (Fsp3) is 0.333. The summed E-state index contributed by atoms with van der Waals surface area (Å²) in [6.07, 6.45) is 1.77. The Labute approximate surface area is 126 Å². The van der Waals surface area contributed by atoms with Crippen LogP contribution in [-0.4, -0.2) is 19.8 Å². The predicted molar refractivity (Wildman–Crippen MR) is 85.4 cm³/mol. The molecule has 0 atom stereocenters. The molecule has 2 aromatic rings. The number of rotatable bonds is 9. The van der Waals surface area contributed by atoms with Gasteiger partial charge in [-0.05, 0) is 36.2 Å². The number of benzene rings is 2. The molecule has 0 aliphatic heterocycles. The average Bonchev–Trinajstić information content (AvgIpc) is 2.52. The van der Waals surface area contributed by atoms with Crippen LogP contribution in [0.2, 0.25) is 0 Å². The maximum Gasteiger partial charge on any atom is 0.119 e. The standard InChI is InChI=1S/C18H23NO2/c19-11-10-16-8-4-9-18(14-16)21-13-5-12-20-15-17-6-2-1-3-7-17/h1-4,6-9,14H,5,10-13,15,19H2. The van der Waals surface area contributed by atoms with Crippen molar-refractivity contribution in [2.45, 2.75) is 19.4 Å². The monoisotopic (exact) mass is 285 g/mol. The Bertz CT molecular complexity index is 514. The molecule has 0 aliphatic rings. The van der Waals surface area contributed by atoms with Gasteiger partial charge in [0.05, 0.1) is 19.8 Å². The van der Waals surface area contributed by atoms with Gasteiger partial charge in [-0.3, -0.25) is 0 Å². The molecule has 0 bridgehead atoms. The first-order valence-electron chi connectivity index (χ1n) is 7.42. The van der Waals surface area contributed by atoms with E-state index in [1.165, 1.54) is 11.1 Å². The van der Waals surface area contributed by atoms with Crippen LogP contribution in [0, 0.1) is 0 Å². The summed E-state index contributed by atoms with van der Waals surface area (Å²) in [7, 11) is 0. The highest BCUT2D eigenvalue weighted by Crippen LogP contribution is 2.13. The average molecular weight is 285 g/mol. The summed E-state index contributed by atoms with van der Waals surface area (Å²) in [5.41, 5.74) is 7.98. The molecule has 2 N–H and O–H groups in total. The molecule has 0 aromatic heterocycles. The SMILES string of the molecule is NCCc1cccc(OCCCOCc2ccccc2)c1. The van der Waals surface area contributed by atoms with Crippen LogP contribution >= 0.6 is 0 Å². The smallest absolute Gasteiger partial charge is 0.119 e. The minimum absolute atomic E-state index is 0.660. The third kappa shape index (κ3) is 5.98. The van der Waals surface area contributed by atoms with Crippen LogP contribution in [0.1, 0.15) is 17.5 Å². The zero-order valence-electron chi connectivity index (χ0n) is 12.3. The second kappa shape index (κ2) is 9.16. The van der Waals surface area contributed by atoms with E-state index < -0.39 is 0 Å². The lowest BCUT2D eigenvalue weighted by molar-refractivity contribution is 0.107. The van der Waals surface area contributed by atoms with Crippen molar-refractivity contribution in [2.75, 3.05) is 19.8 Å². The van der Waals surface area contributed by atoms with Gasteiger partial charge in [0.1, 0.15) is 5.75 Å². The van der Waals surface area contributed by atoms with E-state index in [1.54, 1.807) is 0 Å². The molecule has 0 saturated heterocycles. The summed E-state index contributed by atoms with van der Waals surface area (Å²) in [4.78, 5) is 0. The molecule has 0 unspecified atom stereocenters. The van der Waals surface area contributed by atoms with Gasteiger partial charge in [-0.25, -0.2) is 0 Å². The van der Waals surface area contributed by atoms with Crippen molar-refractivity contribution < 1.29 is 9.47 Å². The largest absolute Gasteiger partial charge is 0.493 e. The van der Waals surface area contributed by atoms with Crippen LogP contribution in [0.25, 0.3) is 0 Å². The van der Waals surface area contributed by atoms with E-state index in [0.717, 1.165) is 18.6 Å². The van der Waals surface area contributed by atoms with E-state index in [-0.39, 0.29) is 0 Å². The van der Waals surface area contributed by atoms with Crippen LogP contribution in [0.15, 0.2) is 54.6 Å². The molecular formula is C18H23NO2. The molecule has 0 radical (unpaired) electrons. The van der Waals surface area contributed by atoms with Gasteiger partial charge in [0.25, 0.3) is 0 Å². The van der Waals surface area contributed by atoms with Crippen LogP contribution in [-0.2, 0) is 17.8 Å². The summed E-state index contributed by atoms with van der Waals surface area (Å²) in [6.45, 7) is 2.70. The molecule has 0 saturated carbocycles. The Balaban J connectivity index is 1.60. The molecular weight excluding hydrogens is 262 g/mol. The molecule has 21 heavy (non-hydrogen) atoms. The maximum absolute atomic E-state index is 5.72. The fourth-order valence-electron chi connectivity index (χ4n) is 2.07. The lowest BCUT2D eigenvalue weighted by Crippen LogP contribution is -2.05. The Morgan fingerprint density at radius 2 is 1.67 bits per heavy atom. The quantitative estimate of drug-likeness (QED) is 0.720. The first-order chi connectivity index (χ1) is 10.4. The second-order valence-electron chi connectivity index (χ2n) is 4.93. The van der Waals surface area contributed by atoms with Crippen molar-refractivity contribution >= 4 is 0 Å². The minimum Gasteiger partial charge on any atom is -0.493 e. The Kier molecular flexibility index (Phi) is 6.78. The van der Waals surface area contributed by atoms with E-state index in [9.17, 15) is 0 Å². The third-order valence-electron chi connectivity index (χ3n) is 3.14. The van der Waals surface area contributed by atoms with Crippen molar-refractivity contribution in [1.82, 2.24) is 0 Å². The van der Waals surface area contributed by atoms with Gasteiger partial charge in [-0.2, -0.15) is 0 Å². The van der Waals surface area contributed by atoms with Crippen LogP contribution in [0.4, 0.5) is 0 Å². The topological polar surface area (TPSA) is 44.5 Å². The Hall–Kier alpha value is -1.84. The molecule has 2 rings (SSSR count). The third-order valence-corrected chi connectivity index (χ3v) is 3.14. The van der Waals surface area contributed by atoms with E-state index in [0.29, 0.717) is 26.4 Å². The van der Waals surface area contributed by atoms with E-state index in [2.05, 4.69) is 24.3 Å². The summed E-state index contributed by atoms with van der Waals surface area (Å²) in [5.74, 6) is 0.906. The first-order valence-corrected chi connectivity index (χ1v) is 7.42. The first kappa shape index (κ1) is 15.5. The second-order valence-corrected chi connectivity index (χ2v) is 4.93. The van der Waals surface area contributed by atoms with Gasteiger partial charge in [0.15, 0.2) is 0 Å². The predicted octanol–water partition coefficient (Wildman–Crippen LogP) is 3.17. The normalized spacial score (nSPS) is 10.5. The number of hydrogen-bond donors (Lipinski definition) is 1. The van der Waals surface area contributed by atoms with E-state index in [1.807, 2.05) is 30.3 Å². The molecule has 2 aromatic carbocycles. The molecule has 3 nitrogen and oxygen atoms in total. The molecule has 0 amide bonds. The number of nitrogens with two attached hydrogens (primary N) is 1. The highest BCUT2D eigenvalue weighted by Gasteiger charge is 1.97. The molecule has 0 heterocycles. The van der Waals surface area contributed by atoms with Gasteiger partial charge >= 0.3 is 0 Å². The minimum atomic E-state index is 0.660. The van der Waals surface area contributed by atoms with Gasteiger partial charge in [0.2, 0.25) is 0 Å². The summed E-state index contributed by atoms with van der Waals surface area (Å²) in [5, 5.41) is 0. The highest BCUT2D eigenvalue weighted by atomic mass is 16.5. The molecule has 112 valence electrons. The lowest BCUT2D eigenvalue weighted by atomic mass is 10.1. The highest BCUT2D eigenvalue weighted by molar-refractivity contribution is 5.28. The van der Waals surface area contributed by atoms with Gasteiger partial charge in [-0.15, -0.1) is 0 Å². The van der Waals surface area contributed by atoms with Crippen molar-refractivity contribution in [3.05, 3.63) is 65.7 Å². The van der Waals surface area contributed by atoms with Crippen LogP contribution < -0.4 is 10.5 Å². The zero-order chi connectivity index (χ0) is 14.8. The number of ether oxygens (including phenoxy) is 2. The van der Waals surface area contributed by atoms with Crippen LogP contribution in [0.5, 0.6) is 5.75 Å². The van der Waals surface area contributed by atoms with Crippen molar-refractivity contribution in [3.8, 4) is 5.75 Å². The van der Waals surface area contributed by atoms with Gasteiger partial charge in [0, 0.05) is 6.42 Å². The van der Waals surface area contributed by atoms with Crippen molar-refractivity contribution in [2.24, 2.45) is 5.73 Å². The van der Waals surface area contributed by atoms with Crippen molar-refractivity contribution in [3.63, 3.8) is 0 Å². The Morgan fingerprint density at radius 1 is 0.857 bits per heavy atom. The summed E-state index contributed by atoms with van der Waals surface area (Å²) >= 11 is 0. The maximum atomic E-state index is 5.72. The van der Waals surface area contributed by atoms with Gasteiger partial charge < -0.3 is 15.2 Å². The number of hydrogen-bond acceptors (Lipinski definition) is 3. The summed E-state index contributed by atoms with van der Waals surface area (Å²) in [6, 6.07) is 18.3.